The molecule has 0 heterocycles. The molecule has 0 spiro atoms. The molecule has 2 rings (SSSR count). The van der Waals surface area contributed by atoms with Gasteiger partial charge in [-0.1, -0.05) is 0 Å². The monoisotopic (exact) mass is 463 g/mol. The number of hydrogen-bond donors (Lipinski definition) is 2. The number of carboxylic acids is 1. The van der Waals surface area contributed by atoms with Crippen LogP contribution in [0.3, 0.4) is 0 Å². The van der Waals surface area contributed by atoms with Gasteiger partial charge in [0.15, 0.2) is 0 Å². The Labute approximate surface area is 141 Å². The molecule has 4 nitrogen and oxygen atoms in total. The minimum atomic E-state index is -1.09. The minimum absolute atomic E-state index is 0.0577. The number of amides is 1. The Morgan fingerprint density at radius 3 is 2.52 bits per heavy atom. The van der Waals surface area contributed by atoms with E-state index in [1.165, 1.54) is 36.4 Å². The van der Waals surface area contributed by atoms with E-state index in [9.17, 15) is 14.0 Å². The topological polar surface area (TPSA) is 66.4 Å². The molecule has 0 aliphatic heterocycles. The average Bonchev–Trinajstić information content (AvgIpc) is 2.40. The van der Waals surface area contributed by atoms with Crippen molar-refractivity contribution in [3.05, 3.63) is 61.4 Å². The quantitative estimate of drug-likeness (QED) is 0.672. The van der Waals surface area contributed by atoms with Gasteiger partial charge in [0.2, 0.25) is 0 Å². The van der Waals surface area contributed by atoms with Crippen LogP contribution in [0.5, 0.6) is 0 Å². The van der Waals surface area contributed by atoms with Crippen LogP contribution in [0.2, 0.25) is 0 Å². The molecule has 1 amide bonds. The molecule has 0 atom stereocenters. The van der Waals surface area contributed by atoms with Gasteiger partial charge in [0, 0.05) is 8.04 Å². The van der Waals surface area contributed by atoms with E-state index in [4.69, 9.17) is 5.11 Å². The van der Waals surface area contributed by atoms with E-state index >= 15 is 0 Å². The highest BCUT2D eigenvalue weighted by Gasteiger charge is 2.14. The summed E-state index contributed by atoms with van der Waals surface area (Å²) < 4.78 is 14.1. The van der Waals surface area contributed by atoms with Gasteiger partial charge in [0.1, 0.15) is 5.82 Å². The lowest BCUT2D eigenvalue weighted by atomic mass is 10.1. The van der Waals surface area contributed by atoms with E-state index in [-0.39, 0.29) is 5.56 Å². The molecule has 0 aliphatic rings. The fourth-order valence-electron chi connectivity index (χ4n) is 1.62. The summed E-state index contributed by atoms with van der Waals surface area (Å²) in [4.78, 5) is 23.1. The van der Waals surface area contributed by atoms with Crippen LogP contribution in [0.4, 0.5) is 10.1 Å². The maximum Gasteiger partial charge on any atom is 0.335 e. The Morgan fingerprint density at radius 1 is 1.19 bits per heavy atom. The number of anilines is 1. The Kier molecular flexibility index (Phi) is 4.94. The number of aromatic carboxylic acids is 1. The first-order valence-corrected chi connectivity index (χ1v) is 7.55. The molecule has 21 heavy (non-hydrogen) atoms. The maximum absolute atomic E-state index is 13.0. The Balaban J connectivity index is 2.31. The molecule has 7 heteroatoms. The standard InChI is InChI=1S/C14H8BrFINO3/c15-10-4-1-7(14(20)21)5-12(10)18-13(19)9-3-2-8(16)6-11(9)17/h1-6H,(H,18,19)(H,20,21). The van der Waals surface area contributed by atoms with Crippen LogP contribution in [0, 0.1) is 9.39 Å². The molecule has 0 saturated heterocycles. The van der Waals surface area contributed by atoms with E-state index < -0.39 is 17.7 Å². The number of rotatable bonds is 3. The van der Waals surface area contributed by atoms with Gasteiger partial charge in [0.05, 0.1) is 16.8 Å². The maximum atomic E-state index is 13.0. The third-order valence-corrected chi connectivity index (χ3v) is 4.22. The van der Waals surface area contributed by atoms with Crippen molar-refractivity contribution in [1.29, 1.82) is 0 Å². The Bertz CT molecular complexity index is 736. The van der Waals surface area contributed by atoms with Crippen molar-refractivity contribution >= 4 is 56.1 Å². The van der Waals surface area contributed by atoms with Crippen LogP contribution in [-0.2, 0) is 0 Å². The van der Waals surface area contributed by atoms with Crippen molar-refractivity contribution in [2.24, 2.45) is 0 Å². The predicted octanol–water partition coefficient (Wildman–Crippen LogP) is 4.14. The minimum Gasteiger partial charge on any atom is -0.478 e. The smallest absolute Gasteiger partial charge is 0.335 e. The van der Waals surface area contributed by atoms with Gasteiger partial charge in [-0.15, -0.1) is 0 Å². The summed E-state index contributed by atoms with van der Waals surface area (Å²) in [5.74, 6) is -1.96. The van der Waals surface area contributed by atoms with Crippen LogP contribution >= 0.6 is 38.5 Å². The molecular weight excluding hydrogens is 456 g/mol. The third kappa shape index (κ3) is 3.79. The van der Waals surface area contributed by atoms with Gasteiger partial charge in [-0.2, -0.15) is 0 Å². The number of benzene rings is 2. The number of halogens is 3. The molecular formula is C14H8BrFINO3. The van der Waals surface area contributed by atoms with Gasteiger partial charge in [0.25, 0.3) is 5.91 Å². The SMILES string of the molecule is O=C(O)c1ccc(Br)c(NC(=O)c2ccc(F)cc2I)c1. The van der Waals surface area contributed by atoms with Crippen molar-refractivity contribution in [2.75, 3.05) is 5.32 Å². The first-order chi connectivity index (χ1) is 9.88. The number of hydrogen-bond acceptors (Lipinski definition) is 2. The normalized spacial score (nSPS) is 10.2. The van der Waals surface area contributed by atoms with Gasteiger partial charge < -0.3 is 10.4 Å². The largest absolute Gasteiger partial charge is 0.478 e. The van der Waals surface area contributed by atoms with Crippen LogP contribution < -0.4 is 5.32 Å². The van der Waals surface area contributed by atoms with Crippen molar-refractivity contribution in [3.63, 3.8) is 0 Å². The van der Waals surface area contributed by atoms with E-state index in [0.717, 1.165) is 0 Å². The lowest BCUT2D eigenvalue weighted by molar-refractivity contribution is 0.0696. The zero-order valence-electron chi connectivity index (χ0n) is 10.4. The molecule has 0 aromatic heterocycles. The summed E-state index contributed by atoms with van der Waals surface area (Å²) in [6.07, 6.45) is 0. The summed E-state index contributed by atoms with van der Waals surface area (Å²) >= 11 is 5.10. The third-order valence-electron chi connectivity index (χ3n) is 2.64. The highest BCUT2D eigenvalue weighted by Crippen LogP contribution is 2.25. The molecule has 0 bridgehead atoms. The average molecular weight is 464 g/mol. The zero-order valence-corrected chi connectivity index (χ0v) is 14.1. The molecule has 0 radical (unpaired) electrons. The lowest BCUT2D eigenvalue weighted by Gasteiger charge is -2.09. The molecule has 2 aromatic carbocycles. The van der Waals surface area contributed by atoms with Crippen molar-refractivity contribution in [1.82, 2.24) is 0 Å². The van der Waals surface area contributed by atoms with Gasteiger partial charge in [-0.25, -0.2) is 9.18 Å². The molecule has 2 aromatic rings. The molecule has 0 fully saturated rings. The second-order valence-electron chi connectivity index (χ2n) is 4.08. The zero-order chi connectivity index (χ0) is 15.6. The lowest BCUT2D eigenvalue weighted by Crippen LogP contribution is -2.14. The van der Waals surface area contributed by atoms with Crippen LogP contribution in [-0.4, -0.2) is 17.0 Å². The fraction of sp³-hybridized carbons (Fsp3) is 0. The van der Waals surface area contributed by atoms with Crippen molar-refractivity contribution < 1.29 is 19.1 Å². The number of carboxylic acid groups (broad SMARTS) is 1. The second kappa shape index (κ2) is 6.52. The van der Waals surface area contributed by atoms with Crippen LogP contribution in [0.15, 0.2) is 40.9 Å². The summed E-state index contributed by atoms with van der Waals surface area (Å²) in [6.45, 7) is 0. The molecule has 108 valence electrons. The Morgan fingerprint density at radius 2 is 1.90 bits per heavy atom. The van der Waals surface area contributed by atoms with E-state index in [1.54, 1.807) is 0 Å². The molecule has 0 aliphatic carbocycles. The number of nitrogens with one attached hydrogen (secondary N) is 1. The number of carbonyl (C=O) groups is 2. The summed E-state index contributed by atoms with van der Waals surface area (Å²) in [7, 11) is 0. The summed E-state index contributed by atoms with van der Waals surface area (Å²) in [6, 6.07) is 8.12. The highest BCUT2D eigenvalue weighted by atomic mass is 127. The van der Waals surface area contributed by atoms with E-state index in [0.29, 0.717) is 19.3 Å². The van der Waals surface area contributed by atoms with Crippen molar-refractivity contribution in [2.45, 2.75) is 0 Å². The molecule has 0 saturated carbocycles. The summed E-state index contributed by atoms with van der Waals surface area (Å²) in [5.41, 5.74) is 0.701. The van der Waals surface area contributed by atoms with Gasteiger partial charge >= 0.3 is 5.97 Å². The molecule has 0 unspecified atom stereocenters. The van der Waals surface area contributed by atoms with Crippen LogP contribution in [0.1, 0.15) is 20.7 Å². The van der Waals surface area contributed by atoms with Crippen LogP contribution in [0.25, 0.3) is 0 Å². The first kappa shape index (κ1) is 15.9. The van der Waals surface area contributed by atoms with Crippen molar-refractivity contribution in [3.8, 4) is 0 Å². The first-order valence-electron chi connectivity index (χ1n) is 5.67. The highest BCUT2D eigenvalue weighted by molar-refractivity contribution is 14.1. The van der Waals surface area contributed by atoms with Gasteiger partial charge in [-0.3, -0.25) is 4.79 Å². The van der Waals surface area contributed by atoms with E-state index in [2.05, 4.69) is 21.2 Å². The Hall–Kier alpha value is -1.48. The fourth-order valence-corrected chi connectivity index (χ4v) is 2.69. The van der Waals surface area contributed by atoms with E-state index in [1.807, 2.05) is 22.6 Å². The summed E-state index contributed by atoms with van der Waals surface area (Å²) in [5, 5.41) is 11.6. The molecule has 2 N–H and O–H groups in total. The second-order valence-corrected chi connectivity index (χ2v) is 6.09. The predicted molar refractivity (Wildman–Crippen MR) is 88.2 cm³/mol. The van der Waals surface area contributed by atoms with Gasteiger partial charge in [-0.05, 0) is 74.9 Å². The number of carbonyl (C=O) groups excluding carboxylic acids is 1.